The zero-order chi connectivity index (χ0) is 14.0. The molecule has 0 bridgehead atoms. The number of aliphatic hydroxyl groups is 1. The van der Waals surface area contributed by atoms with Crippen LogP contribution in [0.25, 0.3) is 0 Å². The lowest BCUT2D eigenvalue weighted by Crippen LogP contribution is -2.13. The van der Waals surface area contributed by atoms with Crippen LogP contribution < -0.4 is 4.72 Å². The van der Waals surface area contributed by atoms with Crippen molar-refractivity contribution in [3.63, 3.8) is 0 Å². The number of nitrogens with one attached hydrogen (secondary N) is 2. The summed E-state index contributed by atoms with van der Waals surface area (Å²) in [4.78, 5) is 2.36. The molecule has 0 fully saturated rings. The average Bonchev–Trinajstić information content (AvgIpc) is 2.84. The van der Waals surface area contributed by atoms with E-state index in [1.165, 1.54) is 12.1 Å². The number of hydrogen-bond donors (Lipinski definition) is 3. The van der Waals surface area contributed by atoms with Gasteiger partial charge < -0.3 is 10.1 Å². The lowest BCUT2D eigenvalue weighted by molar-refractivity contribution is 0.277. The van der Waals surface area contributed by atoms with Crippen LogP contribution in [0.4, 0.5) is 14.5 Å². The van der Waals surface area contributed by atoms with Gasteiger partial charge in [-0.3, -0.25) is 4.72 Å². The molecule has 0 saturated carbocycles. The van der Waals surface area contributed by atoms with Gasteiger partial charge in [-0.15, -0.1) is 0 Å². The first-order chi connectivity index (χ1) is 8.94. The molecule has 0 saturated heterocycles. The molecular formula is C11H10F2N2O3S. The van der Waals surface area contributed by atoms with Crippen LogP contribution in [-0.2, 0) is 16.6 Å². The Morgan fingerprint density at radius 2 is 2.05 bits per heavy atom. The van der Waals surface area contributed by atoms with Crippen molar-refractivity contribution >= 4 is 15.7 Å². The van der Waals surface area contributed by atoms with E-state index in [1.807, 2.05) is 4.72 Å². The van der Waals surface area contributed by atoms with Crippen LogP contribution in [0.2, 0.25) is 0 Å². The van der Waals surface area contributed by atoms with Gasteiger partial charge in [-0.2, -0.15) is 0 Å². The summed E-state index contributed by atoms with van der Waals surface area (Å²) >= 11 is 0. The van der Waals surface area contributed by atoms with E-state index in [0.29, 0.717) is 5.69 Å². The van der Waals surface area contributed by atoms with Crippen LogP contribution in [0.5, 0.6) is 0 Å². The lowest BCUT2D eigenvalue weighted by Gasteiger charge is -2.07. The van der Waals surface area contributed by atoms with Gasteiger partial charge >= 0.3 is 0 Å². The zero-order valence-corrected chi connectivity index (χ0v) is 10.3. The van der Waals surface area contributed by atoms with E-state index < -0.39 is 27.3 Å². The molecule has 0 radical (unpaired) electrons. The molecule has 0 spiro atoms. The number of sulfonamides is 1. The maximum absolute atomic E-state index is 13.4. The number of aromatic nitrogens is 1. The zero-order valence-electron chi connectivity index (χ0n) is 9.52. The second-order valence-corrected chi connectivity index (χ2v) is 5.41. The van der Waals surface area contributed by atoms with Gasteiger partial charge in [-0.25, -0.2) is 17.2 Å². The Balaban J connectivity index is 2.33. The molecule has 1 aromatic carbocycles. The normalized spacial score (nSPS) is 11.5. The largest absolute Gasteiger partial charge is 0.390 e. The third-order valence-corrected chi connectivity index (χ3v) is 3.74. The Kier molecular flexibility index (Phi) is 3.54. The molecule has 3 N–H and O–H groups in total. The predicted octanol–water partition coefficient (Wildman–Crippen LogP) is 1.59. The molecule has 1 heterocycles. The van der Waals surface area contributed by atoms with E-state index in [4.69, 9.17) is 5.11 Å². The second kappa shape index (κ2) is 4.98. The summed E-state index contributed by atoms with van der Waals surface area (Å²) in [6, 6.07) is 4.37. The minimum absolute atomic E-state index is 0.180. The average molecular weight is 288 g/mol. The molecule has 102 valence electrons. The number of hydrogen-bond acceptors (Lipinski definition) is 3. The molecule has 8 heteroatoms. The summed E-state index contributed by atoms with van der Waals surface area (Å²) in [6.45, 7) is -0.357. The number of rotatable bonds is 4. The lowest BCUT2D eigenvalue weighted by atomic mass is 10.3. The van der Waals surface area contributed by atoms with Gasteiger partial charge in [0.05, 0.1) is 12.3 Å². The number of aliphatic hydroxyl groups excluding tert-OH is 1. The van der Waals surface area contributed by atoms with Gasteiger partial charge in [0.2, 0.25) is 0 Å². The third kappa shape index (κ3) is 2.74. The minimum Gasteiger partial charge on any atom is -0.390 e. The van der Waals surface area contributed by atoms with E-state index in [-0.39, 0.29) is 11.5 Å². The summed E-state index contributed by atoms with van der Waals surface area (Å²) in [7, 11) is -4.04. The van der Waals surface area contributed by atoms with E-state index in [1.54, 1.807) is 0 Å². The molecule has 19 heavy (non-hydrogen) atoms. The summed E-state index contributed by atoms with van der Waals surface area (Å²) in [6.07, 6.45) is 1.14. The Morgan fingerprint density at radius 3 is 2.68 bits per heavy atom. The summed E-state index contributed by atoms with van der Waals surface area (Å²) in [5.74, 6) is -2.42. The highest BCUT2D eigenvalue weighted by molar-refractivity contribution is 7.92. The van der Waals surface area contributed by atoms with E-state index in [9.17, 15) is 17.2 Å². The molecular weight excluding hydrogens is 278 g/mol. The Labute approximate surface area is 107 Å². The van der Waals surface area contributed by atoms with Gasteiger partial charge in [-0.1, -0.05) is 6.07 Å². The molecule has 0 aliphatic carbocycles. The predicted molar refractivity (Wildman–Crippen MR) is 63.9 cm³/mol. The van der Waals surface area contributed by atoms with Crippen molar-refractivity contribution in [3.8, 4) is 0 Å². The van der Waals surface area contributed by atoms with Crippen LogP contribution in [0.3, 0.4) is 0 Å². The topological polar surface area (TPSA) is 82.2 Å². The highest BCUT2D eigenvalue weighted by atomic mass is 32.2. The first-order valence-corrected chi connectivity index (χ1v) is 6.67. The van der Waals surface area contributed by atoms with Gasteiger partial charge in [-0.05, 0) is 18.2 Å². The van der Waals surface area contributed by atoms with Crippen molar-refractivity contribution in [3.05, 3.63) is 47.8 Å². The first-order valence-electron chi connectivity index (χ1n) is 5.19. The SMILES string of the molecule is O=S(=O)(Nc1cccc(F)c1F)c1c[nH]c(CO)c1. The van der Waals surface area contributed by atoms with E-state index in [2.05, 4.69) is 4.98 Å². The van der Waals surface area contributed by atoms with E-state index in [0.717, 1.165) is 18.3 Å². The summed E-state index contributed by atoms with van der Waals surface area (Å²) in [5, 5.41) is 8.83. The molecule has 5 nitrogen and oxygen atoms in total. The third-order valence-electron chi connectivity index (χ3n) is 2.39. The van der Waals surface area contributed by atoms with Crippen molar-refractivity contribution < 1.29 is 22.3 Å². The van der Waals surface area contributed by atoms with Gasteiger partial charge in [0.25, 0.3) is 10.0 Å². The maximum Gasteiger partial charge on any atom is 0.263 e. The fourth-order valence-corrected chi connectivity index (χ4v) is 2.53. The van der Waals surface area contributed by atoms with Crippen LogP contribution in [0, 0.1) is 11.6 Å². The van der Waals surface area contributed by atoms with Crippen molar-refractivity contribution in [1.29, 1.82) is 0 Å². The van der Waals surface area contributed by atoms with Crippen molar-refractivity contribution in [2.24, 2.45) is 0 Å². The van der Waals surface area contributed by atoms with Crippen molar-refractivity contribution in [2.45, 2.75) is 11.5 Å². The molecule has 0 unspecified atom stereocenters. The number of anilines is 1. The fraction of sp³-hybridized carbons (Fsp3) is 0.0909. The van der Waals surface area contributed by atoms with Gasteiger partial charge in [0, 0.05) is 11.9 Å². The molecule has 0 aliphatic rings. The molecule has 2 aromatic rings. The number of halogens is 2. The second-order valence-electron chi connectivity index (χ2n) is 3.73. The molecule has 2 rings (SSSR count). The molecule has 0 atom stereocenters. The number of benzene rings is 1. The van der Waals surface area contributed by atoms with E-state index >= 15 is 0 Å². The van der Waals surface area contributed by atoms with Crippen LogP contribution in [0.15, 0.2) is 35.4 Å². The van der Waals surface area contributed by atoms with Gasteiger partial charge in [0.15, 0.2) is 11.6 Å². The number of aromatic amines is 1. The number of H-pyrrole nitrogens is 1. The molecule has 0 amide bonds. The monoisotopic (exact) mass is 288 g/mol. The molecule has 0 aliphatic heterocycles. The highest BCUT2D eigenvalue weighted by Crippen LogP contribution is 2.21. The highest BCUT2D eigenvalue weighted by Gasteiger charge is 2.19. The van der Waals surface area contributed by atoms with Crippen molar-refractivity contribution in [2.75, 3.05) is 4.72 Å². The van der Waals surface area contributed by atoms with Crippen LogP contribution in [0.1, 0.15) is 5.69 Å². The van der Waals surface area contributed by atoms with Crippen LogP contribution >= 0.6 is 0 Å². The Hall–Kier alpha value is -1.93. The Bertz CT molecular complexity index is 698. The van der Waals surface area contributed by atoms with Crippen LogP contribution in [-0.4, -0.2) is 18.5 Å². The van der Waals surface area contributed by atoms with Gasteiger partial charge in [0.1, 0.15) is 4.90 Å². The van der Waals surface area contributed by atoms with Crippen molar-refractivity contribution in [1.82, 2.24) is 4.98 Å². The summed E-state index contributed by atoms with van der Waals surface area (Å²) in [5.41, 5.74) is -0.188. The smallest absolute Gasteiger partial charge is 0.263 e. The maximum atomic E-state index is 13.4. The summed E-state index contributed by atoms with van der Waals surface area (Å²) < 4.78 is 52.1. The Morgan fingerprint density at radius 1 is 1.32 bits per heavy atom. The molecule has 1 aromatic heterocycles. The minimum atomic E-state index is -4.04. The first kappa shape index (κ1) is 13.5. The fourth-order valence-electron chi connectivity index (χ4n) is 1.45. The quantitative estimate of drug-likeness (QED) is 0.799. The standard InChI is InChI=1S/C11H10F2N2O3S/c12-9-2-1-3-10(11(9)13)15-19(17,18)8-4-7(6-16)14-5-8/h1-5,14-16H,6H2.